The molecule has 0 bridgehead atoms. The van der Waals surface area contributed by atoms with Crippen LogP contribution in [0.1, 0.15) is 52.2 Å². The highest BCUT2D eigenvalue weighted by atomic mass is 35.5. The quantitative estimate of drug-likeness (QED) is 0.625. The minimum atomic E-state index is -1.02. The van der Waals surface area contributed by atoms with Crippen molar-refractivity contribution in [2.45, 2.75) is 38.1 Å². The second kappa shape index (κ2) is 7.51. The van der Waals surface area contributed by atoms with Gasteiger partial charge in [0, 0.05) is 30.8 Å². The van der Waals surface area contributed by atoms with E-state index in [1.165, 1.54) is 10.8 Å². The lowest BCUT2D eigenvalue weighted by molar-refractivity contribution is -0.205. The third-order valence-electron chi connectivity index (χ3n) is 8.09. The van der Waals surface area contributed by atoms with E-state index in [0.29, 0.717) is 37.8 Å². The van der Waals surface area contributed by atoms with E-state index in [1.807, 2.05) is 0 Å². The Balaban J connectivity index is 1.38. The van der Waals surface area contributed by atoms with Gasteiger partial charge in [-0.15, -0.1) is 0 Å². The number of amides is 2. The molecule has 35 heavy (non-hydrogen) atoms. The van der Waals surface area contributed by atoms with Gasteiger partial charge in [0.1, 0.15) is 22.2 Å². The molecule has 6 rings (SSSR count). The molecule has 8 nitrogen and oxygen atoms in total. The molecule has 1 aromatic carbocycles. The number of hydrogen-bond donors (Lipinski definition) is 2. The van der Waals surface area contributed by atoms with Crippen molar-refractivity contribution in [1.82, 2.24) is 14.8 Å². The summed E-state index contributed by atoms with van der Waals surface area (Å²) in [6.45, 7) is 2.72. The van der Waals surface area contributed by atoms with Gasteiger partial charge in [0.25, 0.3) is 11.8 Å². The summed E-state index contributed by atoms with van der Waals surface area (Å²) in [4.78, 5) is 41.0. The van der Waals surface area contributed by atoms with E-state index >= 15 is 0 Å². The van der Waals surface area contributed by atoms with Gasteiger partial charge in [0.15, 0.2) is 17.2 Å². The van der Waals surface area contributed by atoms with E-state index < -0.39 is 45.4 Å². The van der Waals surface area contributed by atoms with Gasteiger partial charge in [-0.2, -0.15) is 0 Å². The Morgan fingerprint density at radius 2 is 2.11 bits per heavy atom. The van der Waals surface area contributed by atoms with Crippen LogP contribution in [0.15, 0.2) is 23.1 Å². The van der Waals surface area contributed by atoms with Crippen LogP contribution >= 0.6 is 11.6 Å². The van der Waals surface area contributed by atoms with Crippen LogP contribution in [0.4, 0.5) is 8.78 Å². The molecule has 1 spiro atoms. The number of pyridine rings is 1. The van der Waals surface area contributed by atoms with Gasteiger partial charge in [-0.3, -0.25) is 14.4 Å². The molecule has 2 aliphatic heterocycles. The number of rotatable bonds is 3. The average Bonchev–Trinajstić information content (AvgIpc) is 3.36. The van der Waals surface area contributed by atoms with Gasteiger partial charge in [-0.1, -0.05) is 24.6 Å². The monoisotopic (exact) mass is 505 g/mol. The van der Waals surface area contributed by atoms with Crippen LogP contribution in [0.25, 0.3) is 0 Å². The standard InChI is InChI=1S/C24H22ClF2N3O5/c1-10-12-7-15-24(16(10)12)30(5-2-6-35-24)23(34)19-21(32)20(31)13(9-29(15)19)22(33)28-8-11-3-4-14(26)17(25)18(11)27/h3-4,9-10,12,15-16,32H,2,5-8H2,1H3,(H,28,33)/t10-,12?,15-,16-,24+/m0/s1. The zero-order valence-electron chi connectivity index (χ0n) is 18.7. The fourth-order valence-electron chi connectivity index (χ4n) is 6.42. The number of carbonyl (C=O) groups excluding carboxylic acids is 2. The first-order valence-electron chi connectivity index (χ1n) is 11.5. The normalized spacial score (nSPS) is 30.3. The Kier molecular flexibility index (Phi) is 4.82. The molecule has 4 aliphatic rings. The van der Waals surface area contributed by atoms with E-state index in [2.05, 4.69) is 12.2 Å². The van der Waals surface area contributed by atoms with Crippen molar-refractivity contribution in [3.63, 3.8) is 0 Å². The van der Waals surface area contributed by atoms with Gasteiger partial charge in [-0.25, -0.2) is 8.78 Å². The van der Waals surface area contributed by atoms with Crippen molar-refractivity contribution in [3.05, 3.63) is 62.0 Å². The van der Waals surface area contributed by atoms with Crippen molar-refractivity contribution < 1.29 is 28.2 Å². The van der Waals surface area contributed by atoms with Gasteiger partial charge >= 0.3 is 0 Å². The Morgan fingerprint density at radius 1 is 1.34 bits per heavy atom. The lowest BCUT2D eigenvalue weighted by Crippen LogP contribution is -2.65. The lowest BCUT2D eigenvalue weighted by atomic mass is 9.90. The molecule has 2 saturated carbocycles. The molecular weight excluding hydrogens is 484 g/mol. The minimum Gasteiger partial charge on any atom is -0.503 e. The summed E-state index contributed by atoms with van der Waals surface area (Å²) in [5, 5.41) is 12.5. The van der Waals surface area contributed by atoms with Crippen molar-refractivity contribution in [2.24, 2.45) is 17.8 Å². The maximum absolute atomic E-state index is 14.2. The number of carbonyl (C=O) groups is 2. The molecule has 5 atom stereocenters. The predicted molar refractivity (Wildman–Crippen MR) is 119 cm³/mol. The molecule has 1 unspecified atom stereocenters. The summed E-state index contributed by atoms with van der Waals surface area (Å²) in [7, 11) is 0. The highest BCUT2D eigenvalue weighted by Gasteiger charge is 2.74. The van der Waals surface area contributed by atoms with Crippen LogP contribution in [0.5, 0.6) is 5.75 Å². The first kappa shape index (κ1) is 22.5. The molecule has 2 aliphatic carbocycles. The average molecular weight is 506 g/mol. The molecule has 2 aromatic rings. The number of nitrogens with one attached hydrogen (secondary N) is 1. The first-order chi connectivity index (χ1) is 16.7. The number of fused-ring (bicyclic) bond motifs is 3. The fraction of sp³-hybridized carbons (Fsp3) is 0.458. The number of hydrogen-bond acceptors (Lipinski definition) is 5. The van der Waals surface area contributed by atoms with Crippen LogP contribution in [0, 0.1) is 29.4 Å². The second-order valence-electron chi connectivity index (χ2n) is 9.70. The van der Waals surface area contributed by atoms with Crippen LogP contribution < -0.4 is 10.7 Å². The molecule has 3 fully saturated rings. The Hall–Kier alpha value is -2.98. The summed E-state index contributed by atoms with van der Waals surface area (Å²) in [5.41, 5.74) is -2.47. The number of aromatic hydroxyl groups is 1. The molecule has 1 aromatic heterocycles. The highest BCUT2D eigenvalue weighted by Crippen LogP contribution is 2.69. The van der Waals surface area contributed by atoms with Crippen molar-refractivity contribution in [2.75, 3.05) is 13.2 Å². The van der Waals surface area contributed by atoms with Crippen LogP contribution in [-0.2, 0) is 11.3 Å². The van der Waals surface area contributed by atoms with Crippen molar-refractivity contribution in [1.29, 1.82) is 0 Å². The summed E-state index contributed by atoms with van der Waals surface area (Å²) in [5.74, 6) is -3.24. The number of benzene rings is 1. The van der Waals surface area contributed by atoms with E-state index in [4.69, 9.17) is 16.3 Å². The summed E-state index contributed by atoms with van der Waals surface area (Å²) < 4.78 is 35.4. The van der Waals surface area contributed by atoms with Crippen molar-refractivity contribution >= 4 is 23.4 Å². The number of nitrogens with zero attached hydrogens (tertiary/aromatic N) is 2. The maximum Gasteiger partial charge on any atom is 0.276 e. The smallest absolute Gasteiger partial charge is 0.276 e. The Labute approximate surface area is 203 Å². The number of ether oxygens (including phenoxy) is 1. The van der Waals surface area contributed by atoms with E-state index in [-0.39, 0.29) is 35.3 Å². The first-order valence-corrected chi connectivity index (χ1v) is 11.9. The zero-order valence-corrected chi connectivity index (χ0v) is 19.4. The molecule has 0 radical (unpaired) electrons. The van der Waals surface area contributed by atoms with E-state index in [1.54, 1.807) is 4.90 Å². The fourth-order valence-corrected chi connectivity index (χ4v) is 6.60. The number of aromatic nitrogens is 1. The largest absolute Gasteiger partial charge is 0.503 e. The van der Waals surface area contributed by atoms with Gasteiger partial charge in [0.05, 0.1) is 12.6 Å². The summed E-state index contributed by atoms with van der Waals surface area (Å²) in [6.07, 6.45) is 2.63. The third kappa shape index (κ3) is 2.89. The maximum atomic E-state index is 14.2. The van der Waals surface area contributed by atoms with Crippen LogP contribution in [-0.4, -0.2) is 45.3 Å². The minimum absolute atomic E-state index is 0.0720. The van der Waals surface area contributed by atoms with Crippen LogP contribution in [0.2, 0.25) is 5.02 Å². The molecule has 3 heterocycles. The zero-order chi connectivity index (χ0) is 24.8. The van der Waals surface area contributed by atoms with E-state index in [9.17, 15) is 28.3 Å². The number of halogens is 3. The third-order valence-corrected chi connectivity index (χ3v) is 8.43. The summed E-state index contributed by atoms with van der Waals surface area (Å²) >= 11 is 5.59. The van der Waals surface area contributed by atoms with Gasteiger partial charge in [-0.05, 0) is 30.7 Å². The summed E-state index contributed by atoms with van der Waals surface area (Å²) in [6, 6.07) is 1.75. The van der Waals surface area contributed by atoms with Gasteiger partial charge in [0.2, 0.25) is 5.43 Å². The molecule has 1 saturated heterocycles. The topological polar surface area (TPSA) is 101 Å². The Bertz CT molecular complexity index is 1360. The molecule has 2 N–H and O–H groups in total. The lowest BCUT2D eigenvalue weighted by Gasteiger charge is -2.53. The van der Waals surface area contributed by atoms with Gasteiger partial charge < -0.3 is 24.6 Å². The molecule has 184 valence electrons. The molecule has 2 amide bonds. The SMILES string of the molecule is C[C@H]1C2C[C@@H]3n4cc(C(=O)NCc5ccc(F)c(Cl)c5F)c(=O)c(O)c4C(=O)N4CCCO[C@@]34[C@H]21. The molecule has 11 heteroatoms. The highest BCUT2D eigenvalue weighted by molar-refractivity contribution is 6.30. The Morgan fingerprint density at radius 3 is 2.89 bits per heavy atom. The predicted octanol–water partition coefficient (Wildman–Crippen LogP) is 2.81. The molecular formula is C24H22ClF2N3O5. The van der Waals surface area contributed by atoms with Crippen molar-refractivity contribution in [3.8, 4) is 5.75 Å². The van der Waals surface area contributed by atoms with E-state index in [0.717, 1.165) is 12.1 Å². The van der Waals surface area contributed by atoms with Crippen LogP contribution in [0.3, 0.4) is 0 Å². The second-order valence-corrected chi connectivity index (χ2v) is 10.1.